The van der Waals surface area contributed by atoms with Gasteiger partial charge in [0.2, 0.25) is 0 Å². The van der Waals surface area contributed by atoms with Crippen molar-refractivity contribution < 1.29 is 24.1 Å². The number of aliphatic hydroxyl groups is 1. The van der Waals surface area contributed by atoms with Crippen LogP contribution in [0.25, 0.3) is 0 Å². The lowest BCUT2D eigenvalue weighted by atomic mass is 10.0. The van der Waals surface area contributed by atoms with Crippen molar-refractivity contribution in [1.29, 1.82) is 0 Å². The summed E-state index contributed by atoms with van der Waals surface area (Å²) in [5.74, 6) is 0.892. The second-order valence-corrected chi connectivity index (χ2v) is 9.49. The number of aliphatic hydroxyl groups excluding tert-OH is 1. The quantitative estimate of drug-likeness (QED) is 0.828. The van der Waals surface area contributed by atoms with Gasteiger partial charge < -0.3 is 24.1 Å². The molecule has 3 heterocycles. The van der Waals surface area contributed by atoms with E-state index < -0.39 is 29.9 Å². The Labute approximate surface area is 146 Å². The molecule has 0 amide bonds. The van der Waals surface area contributed by atoms with Crippen molar-refractivity contribution in [3.8, 4) is 0 Å². The molecule has 0 spiro atoms. The SMILES string of the molecule is CC1(C)O[C@@H]([C@H](O)[C@H]2COC(C)(C)O2)[C@@H](C=C2SCCCS2)O1. The van der Waals surface area contributed by atoms with Crippen LogP contribution in [0.5, 0.6) is 0 Å². The van der Waals surface area contributed by atoms with Crippen LogP contribution in [-0.4, -0.2) is 59.2 Å². The first-order valence-corrected chi connectivity index (χ1v) is 10.1. The monoisotopic (exact) mass is 362 g/mol. The highest BCUT2D eigenvalue weighted by atomic mass is 32.2. The van der Waals surface area contributed by atoms with E-state index in [1.807, 2.05) is 51.2 Å². The van der Waals surface area contributed by atoms with E-state index in [0.717, 1.165) is 11.5 Å². The van der Waals surface area contributed by atoms with Gasteiger partial charge in [-0.15, -0.1) is 23.5 Å². The summed E-state index contributed by atoms with van der Waals surface area (Å²) in [4.78, 5) is 0. The highest BCUT2D eigenvalue weighted by molar-refractivity contribution is 8.22. The third-order valence-electron chi connectivity index (χ3n) is 3.99. The van der Waals surface area contributed by atoms with Crippen LogP contribution in [0.1, 0.15) is 34.1 Å². The summed E-state index contributed by atoms with van der Waals surface area (Å²) in [6.07, 6.45) is 1.40. The molecule has 4 atom stereocenters. The Morgan fingerprint density at radius 3 is 2.39 bits per heavy atom. The normalized spacial score (nSPS) is 37.8. The van der Waals surface area contributed by atoms with Crippen molar-refractivity contribution >= 4 is 23.5 Å². The minimum absolute atomic E-state index is 0.277. The molecule has 0 aromatic heterocycles. The van der Waals surface area contributed by atoms with Crippen molar-refractivity contribution in [1.82, 2.24) is 0 Å². The Morgan fingerprint density at radius 2 is 1.78 bits per heavy atom. The second-order valence-electron chi connectivity index (χ2n) is 6.96. The molecule has 0 aromatic carbocycles. The molecule has 3 aliphatic heterocycles. The highest BCUT2D eigenvalue weighted by Gasteiger charge is 2.49. The van der Waals surface area contributed by atoms with Crippen molar-refractivity contribution in [2.24, 2.45) is 0 Å². The predicted molar refractivity (Wildman–Crippen MR) is 92.4 cm³/mol. The van der Waals surface area contributed by atoms with Crippen LogP contribution in [0.4, 0.5) is 0 Å². The fourth-order valence-corrected chi connectivity index (χ4v) is 5.44. The molecule has 23 heavy (non-hydrogen) atoms. The summed E-state index contributed by atoms with van der Waals surface area (Å²) in [7, 11) is 0. The zero-order valence-corrected chi connectivity index (χ0v) is 15.7. The maximum Gasteiger partial charge on any atom is 0.164 e. The van der Waals surface area contributed by atoms with Gasteiger partial charge >= 0.3 is 0 Å². The van der Waals surface area contributed by atoms with E-state index in [0.29, 0.717) is 6.61 Å². The van der Waals surface area contributed by atoms with Gasteiger partial charge in [-0.05, 0) is 51.7 Å². The van der Waals surface area contributed by atoms with Crippen LogP contribution in [0.3, 0.4) is 0 Å². The largest absolute Gasteiger partial charge is 0.387 e. The fourth-order valence-electron chi connectivity index (χ4n) is 2.98. The molecule has 0 aliphatic carbocycles. The van der Waals surface area contributed by atoms with Crippen LogP contribution in [-0.2, 0) is 18.9 Å². The molecule has 0 saturated carbocycles. The third-order valence-corrected chi connectivity index (χ3v) is 6.52. The van der Waals surface area contributed by atoms with E-state index in [1.165, 1.54) is 10.7 Å². The molecule has 0 unspecified atom stereocenters. The molecule has 1 N–H and O–H groups in total. The molecular formula is C16H26O5S2. The molecule has 7 heteroatoms. The number of rotatable bonds is 3. The number of ether oxygens (including phenoxy) is 4. The molecule has 3 fully saturated rings. The smallest absolute Gasteiger partial charge is 0.164 e. The average Bonchev–Trinajstić information content (AvgIpc) is 2.98. The average molecular weight is 363 g/mol. The minimum atomic E-state index is -0.793. The van der Waals surface area contributed by atoms with Crippen molar-refractivity contribution in [3.05, 3.63) is 10.3 Å². The van der Waals surface area contributed by atoms with Gasteiger partial charge in [0, 0.05) is 4.24 Å². The summed E-state index contributed by atoms with van der Waals surface area (Å²) in [5, 5.41) is 10.8. The summed E-state index contributed by atoms with van der Waals surface area (Å²) < 4.78 is 24.6. The molecule has 0 bridgehead atoms. The van der Waals surface area contributed by atoms with E-state index in [1.54, 1.807) is 0 Å². The van der Waals surface area contributed by atoms with E-state index >= 15 is 0 Å². The summed E-state index contributed by atoms with van der Waals surface area (Å²) in [6.45, 7) is 7.82. The van der Waals surface area contributed by atoms with Gasteiger partial charge in [0.15, 0.2) is 11.6 Å². The second kappa shape index (κ2) is 6.86. The molecule has 132 valence electrons. The van der Waals surface area contributed by atoms with Gasteiger partial charge in [-0.2, -0.15) is 0 Å². The standard InChI is InChI=1S/C16H26O5S2/c1-15(2)18-9-11(20-15)13(17)14-10(19-16(3,4)21-14)8-12-22-6-5-7-23-12/h8,10-11,13-14,17H,5-7,9H2,1-4H3/t10-,11-,13-,14-/m1/s1. The Morgan fingerprint density at radius 1 is 1.09 bits per heavy atom. The van der Waals surface area contributed by atoms with E-state index in [4.69, 9.17) is 18.9 Å². The van der Waals surface area contributed by atoms with Crippen LogP contribution >= 0.6 is 23.5 Å². The lowest BCUT2D eigenvalue weighted by Crippen LogP contribution is -2.44. The molecule has 5 nitrogen and oxygen atoms in total. The summed E-state index contributed by atoms with van der Waals surface area (Å²) in [6, 6.07) is 0. The Balaban J connectivity index is 1.72. The molecule has 3 saturated heterocycles. The maximum absolute atomic E-state index is 10.8. The first-order chi connectivity index (χ1) is 10.8. The Hall–Kier alpha value is 0.240. The van der Waals surface area contributed by atoms with Crippen LogP contribution in [0.15, 0.2) is 10.3 Å². The number of hydrogen-bond donors (Lipinski definition) is 1. The summed E-state index contributed by atoms with van der Waals surface area (Å²) >= 11 is 3.69. The molecular weight excluding hydrogens is 336 g/mol. The first kappa shape index (κ1) is 18.0. The number of thioether (sulfide) groups is 2. The van der Waals surface area contributed by atoms with Crippen molar-refractivity contribution in [2.45, 2.75) is 70.1 Å². The van der Waals surface area contributed by atoms with Gasteiger partial charge in [0.25, 0.3) is 0 Å². The van der Waals surface area contributed by atoms with Gasteiger partial charge in [-0.1, -0.05) is 0 Å². The van der Waals surface area contributed by atoms with Crippen LogP contribution in [0.2, 0.25) is 0 Å². The summed E-state index contributed by atoms with van der Waals surface area (Å²) in [5.41, 5.74) is 0. The lowest BCUT2D eigenvalue weighted by Gasteiger charge is -2.26. The minimum Gasteiger partial charge on any atom is -0.387 e. The van der Waals surface area contributed by atoms with Gasteiger partial charge in [0.05, 0.1) is 6.61 Å². The zero-order valence-electron chi connectivity index (χ0n) is 14.1. The zero-order chi connectivity index (χ0) is 16.7. The van der Waals surface area contributed by atoms with Crippen LogP contribution < -0.4 is 0 Å². The van der Waals surface area contributed by atoms with E-state index in [2.05, 4.69) is 6.08 Å². The lowest BCUT2D eigenvalue weighted by molar-refractivity contribution is -0.178. The predicted octanol–water partition coefficient (Wildman–Crippen LogP) is 2.73. The highest BCUT2D eigenvalue weighted by Crippen LogP contribution is 2.39. The molecule has 3 rings (SSSR count). The van der Waals surface area contributed by atoms with Gasteiger partial charge in [-0.3, -0.25) is 0 Å². The van der Waals surface area contributed by atoms with E-state index in [-0.39, 0.29) is 6.10 Å². The van der Waals surface area contributed by atoms with Crippen molar-refractivity contribution in [2.75, 3.05) is 18.1 Å². The molecule has 0 radical (unpaired) electrons. The number of hydrogen-bond acceptors (Lipinski definition) is 7. The Kier molecular flexibility index (Phi) is 5.38. The van der Waals surface area contributed by atoms with Crippen LogP contribution in [0, 0.1) is 0 Å². The molecule has 0 aromatic rings. The first-order valence-electron chi connectivity index (χ1n) is 8.09. The van der Waals surface area contributed by atoms with Crippen molar-refractivity contribution in [3.63, 3.8) is 0 Å². The maximum atomic E-state index is 10.8. The van der Waals surface area contributed by atoms with Gasteiger partial charge in [-0.25, -0.2) is 0 Å². The third kappa shape index (κ3) is 4.45. The Bertz CT molecular complexity index is 457. The fraction of sp³-hybridized carbons (Fsp3) is 0.875. The molecule has 3 aliphatic rings. The topological polar surface area (TPSA) is 57.2 Å². The van der Waals surface area contributed by atoms with E-state index in [9.17, 15) is 5.11 Å². The van der Waals surface area contributed by atoms with Gasteiger partial charge in [0.1, 0.15) is 24.4 Å².